The average Bonchev–Trinajstić information content (AvgIpc) is 3.84. The van der Waals surface area contributed by atoms with E-state index in [-0.39, 0.29) is 17.5 Å². The van der Waals surface area contributed by atoms with Crippen molar-refractivity contribution in [2.24, 2.45) is 29.6 Å². The number of rotatable bonds is 9. The predicted molar refractivity (Wildman–Crippen MR) is 319 cm³/mol. The minimum Gasteiger partial charge on any atom is -0.381 e. The monoisotopic (exact) mass is 1100 g/mol. The summed E-state index contributed by atoms with van der Waals surface area (Å²) in [5.41, 5.74) is 0.763. The standard InChI is InChI=1S/C19H28N2O2.C15H27N3O.C15H29N3O.C14H27N3O/c1-16(2)20-10-12-21(13-11-20)18(22)19(8-14-23-15-9-19)17-6-4-3-5-7-17;1-12(2)16-7-9-17(10-8-16)15(19)18-6-5-14(11-18)13-3-4-13;1-12(2)14-5-6-18(11-14)15(19)17-9-7-16(8-10-17)13(3)4;1-4-13-5-6-17(11-13)14(18)16-9-7-15(8-10-16)12(2)3/h3-7,16H,8-15H2,1-2H3;12-14H,3-11H2,1-2H3;12-14H,5-11H2,1-4H3;12-13H,4-11H2,1-3H3. The molecule has 448 valence electrons. The van der Waals surface area contributed by atoms with Gasteiger partial charge in [-0.1, -0.05) is 57.5 Å². The lowest BCUT2D eigenvalue weighted by atomic mass is 9.73. The van der Waals surface area contributed by atoms with Crippen LogP contribution < -0.4 is 0 Å². The highest BCUT2D eigenvalue weighted by molar-refractivity contribution is 5.88. The minimum atomic E-state index is -0.389. The molecule has 0 N–H and O–H groups in total. The van der Waals surface area contributed by atoms with Crippen LogP contribution in [0.15, 0.2) is 30.3 Å². The smallest absolute Gasteiger partial charge is 0.320 e. The van der Waals surface area contributed by atoms with Gasteiger partial charge in [-0.15, -0.1) is 0 Å². The van der Waals surface area contributed by atoms with Crippen molar-refractivity contribution < 1.29 is 23.9 Å². The fourth-order valence-corrected chi connectivity index (χ4v) is 13.5. The van der Waals surface area contributed by atoms with Gasteiger partial charge in [-0.25, -0.2) is 14.4 Å². The van der Waals surface area contributed by atoms with Gasteiger partial charge in [0, 0.05) is 181 Å². The van der Waals surface area contributed by atoms with Crippen LogP contribution in [0.2, 0.25) is 0 Å². The normalized spacial score (nSPS) is 25.7. The number of nitrogens with zero attached hydrogens (tertiary/aromatic N) is 11. The van der Waals surface area contributed by atoms with Gasteiger partial charge in [0.2, 0.25) is 5.91 Å². The molecule has 8 heterocycles. The number of ether oxygens (including phenoxy) is 1. The summed E-state index contributed by atoms with van der Waals surface area (Å²) < 4.78 is 5.55. The average molecular weight is 1100 g/mol. The van der Waals surface area contributed by atoms with Crippen LogP contribution in [0.3, 0.4) is 0 Å². The molecule has 0 spiro atoms. The van der Waals surface area contributed by atoms with Gasteiger partial charge < -0.3 is 39.0 Å². The van der Waals surface area contributed by atoms with Gasteiger partial charge >= 0.3 is 18.1 Å². The van der Waals surface area contributed by atoms with Gasteiger partial charge in [0.05, 0.1) is 5.41 Å². The predicted octanol–water partition coefficient (Wildman–Crippen LogP) is 8.13. The van der Waals surface area contributed by atoms with Gasteiger partial charge in [0.15, 0.2) is 0 Å². The number of urea groups is 3. The van der Waals surface area contributed by atoms with Crippen LogP contribution in [0.25, 0.3) is 0 Å². The Morgan fingerprint density at radius 1 is 0.443 bits per heavy atom. The second kappa shape index (κ2) is 30.0. The maximum atomic E-state index is 13.4. The molecule has 9 aliphatic rings. The van der Waals surface area contributed by atoms with Crippen molar-refractivity contribution in [3.8, 4) is 0 Å². The van der Waals surface area contributed by atoms with Crippen molar-refractivity contribution in [1.82, 2.24) is 53.9 Å². The third-order valence-corrected chi connectivity index (χ3v) is 19.7. The summed E-state index contributed by atoms with van der Waals surface area (Å²) in [6.07, 6.45) is 9.19. The van der Waals surface area contributed by atoms with E-state index in [4.69, 9.17) is 4.74 Å². The van der Waals surface area contributed by atoms with E-state index >= 15 is 0 Å². The Morgan fingerprint density at radius 3 is 1.22 bits per heavy atom. The molecule has 79 heavy (non-hydrogen) atoms. The molecule has 3 atom stereocenters. The summed E-state index contributed by atoms with van der Waals surface area (Å²) in [6.45, 7) is 46.9. The molecule has 1 aliphatic carbocycles. The Balaban J connectivity index is 0.000000153. The minimum absolute atomic E-state index is 0.270. The molecule has 0 aromatic heterocycles. The first kappa shape index (κ1) is 62.9. The zero-order chi connectivity index (χ0) is 56.8. The number of amides is 7. The summed E-state index contributed by atoms with van der Waals surface area (Å²) >= 11 is 0. The molecule has 0 bridgehead atoms. The molecule has 1 aromatic carbocycles. The van der Waals surface area contributed by atoms with Crippen LogP contribution in [0.4, 0.5) is 14.4 Å². The molecule has 1 aromatic rings. The lowest BCUT2D eigenvalue weighted by Gasteiger charge is -2.43. The fraction of sp³-hybridized carbons (Fsp3) is 0.841. The molecule has 3 unspecified atom stereocenters. The first-order valence-electron chi connectivity index (χ1n) is 31.9. The van der Waals surface area contributed by atoms with E-state index in [1.807, 2.05) is 28.0 Å². The highest BCUT2D eigenvalue weighted by atomic mass is 16.5. The van der Waals surface area contributed by atoms with E-state index < -0.39 is 0 Å². The molecular formula is C63H111N11O5. The Kier molecular flexibility index (Phi) is 23.9. The Morgan fingerprint density at radius 2 is 0.835 bits per heavy atom. The molecule has 1 saturated carbocycles. The van der Waals surface area contributed by atoms with Crippen molar-refractivity contribution in [2.45, 2.75) is 157 Å². The van der Waals surface area contributed by atoms with Gasteiger partial charge in [-0.3, -0.25) is 24.4 Å². The number of piperazine rings is 4. The summed E-state index contributed by atoms with van der Waals surface area (Å²) in [6, 6.07) is 13.5. The Labute approximate surface area is 479 Å². The van der Waals surface area contributed by atoms with E-state index in [0.717, 1.165) is 180 Å². The second-order valence-electron chi connectivity index (χ2n) is 26.3. The van der Waals surface area contributed by atoms with Crippen molar-refractivity contribution in [2.75, 3.05) is 157 Å². The van der Waals surface area contributed by atoms with Gasteiger partial charge in [0.1, 0.15) is 0 Å². The van der Waals surface area contributed by atoms with Gasteiger partial charge in [-0.2, -0.15) is 0 Å². The van der Waals surface area contributed by atoms with Crippen molar-refractivity contribution >= 4 is 24.0 Å². The molecular weight excluding hydrogens is 991 g/mol. The Bertz CT molecular complexity index is 1940. The number of hydrogen-bond acceptors (Lipinski definition) is 9. The molecule has 16 heteroatoms. The third kappa shape index (κ3) is 17.2. The summed E-state index contributed by atoms with van der Waals surface area (Å²) in [7, 11) is 0. The third-order valence-electron chi connectivity index (χ3n) is 19.7. The first-order chi connectivity index (χ1) is 37.9. The number of carbonyl (C=O) groups excluding carboxylic acids is 4. The Hall–Kier alpha value is -3.70. The number of hydrogen-bond donors (Lipinski definition) is 0. The van der Waals surface area contributed by atoms with E-state index in [2.05, 4.69) is 132 Å². The number of benzene rings is 1. The topological polar surface area (TPSA) is 113 Å². The van der Waals surface area contributed by atoms with Crippen LogP contribution in [0.1, 0.15) is 133 Å². The van der Waals surface area contributed by atoms with Crippen molar-refractivity contribution in [3.05, 3.63) is 35.9 Å². The van der Waals surface area contributed by atoms with Crippen LogP contribution in [-0.2, 0) is 14.9 Å². The quantitative estimate of drug-likeness (QED) is 0.242. The first-order valence-corrected chi connectivity index (χ1v) is 31.9. The zero-order valence-electron chi connectivity index (χ0n) is 51.7. The maximum Gasteiger partial charge on any atom is 0.320 e. The van der Waals surface area contributed by atoms with Crippen molar-refractivity contribution in [3.63, 3.8) is 0 Å². The fourth-order valence-electron chi connectivity index (χ4n) is 13.5. The maximum absolute atomic E-state index is 13.4. The van der Waals surface area contributed by atoms with Gasteiger partial charge in [0.25, 0.3) is 0 Å². The van der Waals surface area contributed by atoms with Crippen molar-refractivity contribution in [1.29, 1.82) is 0 Å². The van der Waals surface area contributed by atoms with Gasteiger partial charge in [-0.05, 0) is 135 Å². The number of carbonyl (C=O) groups is 4. The highest BCUT2D eigenvalue weighted by Crippen LogP contribution is 2.41. The van der Waals surface area contributed by atoms with Crippen LogP contribution in [0, 0.1) is 29.6 Å². The van der Waals surface area contributed by atoms with E-state index in [1.165, 1.54) is 38.5 Å². The molecule has 9 fully saturated rings. The molecule has 8 saturated heterocycles. The lowest BCUT2D eigenvalue weighted by molar-refractivity contribution is -0.143. The summed E-state index contributed by atoms with van der Waals surface area (Å²) in [4.78, 5) is 75.0. The van der Waals surface area contributed by atoms with E-state index in [9.17, 15) is 19.2 Å². The largest absolute Gasteiger partial charge is 0.381 e. The molecule has 7 amide bonds. The highest BCUT2D eigenvalue weighted by Gasteiger charge is 2.45. The summed E-state index contributed by atoms with van der Waals surface area (Å²) in [5.74, 6) is 4.16. The molecule has 0 radical (unpaired) electrons. The van der Waals surface area contributed by atoms with Crippen LogP contribution in [0.5, 0.6) is 0 Å². The SMILES string of the molecule is CC(C)C1CCN(C(=O)N2CCN(C(C)C)CC2)C1.CC(C)N1CCN(C(=O)C2(c3ccccc3)CCOCC2)CC1.CC(C)N1CCN(C(=O)N2CCC(C3CC3)C2)CC1.CCC1CCN(C(=O)N2CCN(C(C)C)CC2)C1. The van der Waals surface area contributed by atoms with Crippen LogP contribution in [-0.4, -0.2) is 259 Å². The van der Waals surface area contributed by atoms with E-state index in [0.29, 0.717) is 61.2 Å². The molecule has 10 rings (SSSR count). The zero-order valence-corrected chi connectivity index (χ0v) is 51.7. The molecule has 16 nitrogen and oxygen atoms in total. The number of likely N-dealkylation sites (tertiary alicyclic amines) is 3. The van der Waals surface area contributed by atoms with Crippen LogP contribution >= 0.6 is 0 Å². The molecule has 8 aliphatic heterocycles. The lowest BCUT2D eigenvalue weighted by Crippen LogP contribution is -2.56. The summed E-state index contributed by atoms with van der Waals surface area (Å²) in [5, 5.41) is 0. The van der Waals surface area contributed by atoms with E-state index in [1.54, 1.807) is 0 Å². The second-order valence-corrected chi connectivity index (χ2v) is 26.3.